The zero-order chi connectivity index (χ0) is 23.1. The molecule has 6 nitrogen and oxygen atoms in total. The number of carbonyl (C=O) groups is 1. The van der Waals surface area contributed by atoms with E-state index in [4.69, 9.17) is 0 Å². The highest BCUT2D eigenvalue weighted by Gasteiger charge is 2.26. The van der Waals surface area contributed by atoms with Crippen LogP contribution in [0.3, 0.4) is 0 Å². The van der Waals surface area contributed by atoms with Crippen molar-refractivity contribution in [1.29, 1.82) is 0 Å². The van der Waals surface area contributed by atoms with Crippen LogP contribution in [-0.4, -0.2) is 32.4 Å². The molecule has 0 atom stereocenters. The molecule has 4 aromatic rings. The fraction of sp³-hybridized carbons (Fsp3) is 0.240. The monoisotopic (exact) mass is 448 g/mol. The van der Waals surface area contributed by atoms with Crippen molar-refractivity contribution in [3.63, 3.8) is 0 Å². The van der Waals surface area contributed by atoms with Gasteiger partial charge in [-0.1, -0.05) is 24.3 Å². The van der Waals surface area contributed by atoms with E-state index in [9.17, 15) is 18.7 Å². The summed E-state index contributed by atoms with van der Waals surface area (Å²) in [6.45, 7) is 0.607. The van der Waals surface area contributed by atoms with Gasteiger partial charge in [-0.3, -0.25) is 9.48 Å². The third kappa shape index (κ3) is 3.92. The molecule has 2 aromatic carbocycles. The van der Waals surface area contributed by atoms with Crippen LogP contribution < -0.4 is 4.90 Å². The molecule has 5 rings (SSSR count). The van der Waals surface area contributed by atoms with E-state index in [-0.39, 0.29) is 12.0 Å². The van der Waals surface area contributed by atoms with Crippen LogP contribution in [0.15, 0.2) is 54.9 Å². The summed E-state index contributed by atoms with van der Waals surface area (Å²) in [6, 6.07) is 12.8. The van der Waals surface area contributed by atoms with E-state index in [2.05, 4.69) is 10.1 Å². The van der Waals surface area contributed by atoms with E-state index < -0.39 is 12.4 Å². The normalized spacial score (nSPS) is 13.5. The van der Waals surface area contributed by atoms with Crippen LogP contribution in [0.4, 0.5) is 20.3 Å². The summed E-state index contributed by atoms with van der Waals surface area (Å²) in [4.78, 5) is 18.0. The molecule has 1 N–H and O–H groups in total. The van der Waals surface area contributed by atoms with Crippen molar-refractivity contribution in [3.05, 3.63) is 71.7 Å². The Morgan fingerprint density at radius 3 is 2.76 bits per heavy atom. The maximum absolute atomic E-state index is 14.2. The van der Waals surface area contributed by atoms with E-state index in [0.29, 0.717) is 34.9 Å². The molecule has 1 aliphatic rings. The lowest BCUT2D eigenvalue weighted by Gasteiger charge is -2.32. The first-order valence-corrected chi connectivity index (χ1v) is 10.7. The summed E-state index contributed by atoms with van der Waals surface area (Å²) in [5.74, 6) is -0.372. The number of aryl methyl sites for hydroxylation is 2. The van der Waals surface area contributed by atoms with Crippen molar-refractivity contribution in [1.82, 2.24) is 14.8 Å². The molecule has 0 saturated heterocycles. The number of fused-ring (bicyclic) bond motifs is 2. The van der Waals surface area contributed by atoms with Crippen LogP contribution in [-0.2, 0) is 24.7 Å². The first-order valence-electron chi connectivity index (χ1n) is 10.7. The van der Waals surface area contributed by atoms with Crippen molar-refractivity contribution < 1.29 is 18.7 Å². The van der Waals surface area contributed by atoms with Crippen LogP contribution in [0.25, 0.3) is 21.9 Å². The molecule has 8 heteroatoms. The summed E-state index contributed by atoms with van der Waals surface area (Å²) >= 11 is 0. The van der Waals surface area contributed by atoms with Gasteiger partial charge in [0.25, 0.3) is 6.43 Å². The molecule has 0 bridgehead atoms. The highest BCUT2D eigenvalue weighted by molar-refractivity contribution is 5.95. The summed E-state index contributed by atoms with van der Waals surface area (Å²) < 4.78 is 29.9. The molecular formula is C25H22F2N4O2. The van der Waals surface area contributed by atoms with E-state index in [1.54, 1.807) is 36.3 Å². The van der Waals surface area contributed by atoms with Crippen molar-refractivity contribution >= 4 is 28.2 Å². The number of hydrogen-bond acceptors (Lipinski definition) is 4. The molecule has 0 fully saturated rings. The Kier molecular flexibility index (Phi) is 5.28. The molecule has 0 unspecified atom stereocenters. The number of pyridine rings is 1. The first-order chi connectivity index (χ1) is 15.9. The third-order valence-corrected chi connectivity index (χ3v) is 5.98. The number of halogens is 2. The van der Waals surface area contributed by atoms with E-state index in [0.717, 1.165) is 29.2 Å². The average molecular weight is 448 g/mol. The fourth-order valence-electron chi connectivity index (χ4n) is 4.55. The Morgan fingerprint density at radius 2 is 2.03 bits per heavy atom. The molecule has 2 aromatic heterocycles. The van der Waals surface area contributed by atoms with Gasteiger partial charge in [0.15, 0.2) is 0 Å². The SMILES string of the molecule is Cn1cc(-c2cc3c(cc2C(F)F)N(c2nc(CC(=O)O)cc4ccccc24)CCC3)cn1. The number of carboxylic acid groups (broad SMARTS) is 1. The Hall–Kier alpha value is -3.81. The highest BCUT2D eigenvalue weighted by Crippen LogP contribution is 2.42. The van der Waals surface area contributed by atoms with Gasteiger partial charge in [0, 0.05) is 42.0 Å². The summed E-state index contributed by atoms with van der Waals surface area (Å²) in [5.41, 5.74) is 3.16. The lowest BCUT2D eigenvalue weighted by Crippen LogP contribution is -2.26. The minimum absolute atomic E-state index is 0.0559. The second-order valence-electron chi connectivity index (χ2n) is 8.26. The van der Waals surface area contributed by atoms with Crippen molar-refractivity contribution in [2.45, 2.75) is 25.7 Å². The molecular weight excluding hydrogens is 426 g/mol. The second kappa shape index (κ2) is 8.27. The quantitative estimate of drug-likeness (QED) is 0.450. The van der Waals surface area contributed by atoms with Crippen LogP contribution in [0.2, 0.25) is 0 Å². The number of hydrogen-bond donors (Lipinski definition) is 1. The van der Waals surface area contributed by atoms with Gasteiger partial charge in [0.2, 0.25) is 0 Å². The Labute approximate surface area is 189 Å². The smallest absolute Gasteiger partial charge is 0.309 e. The Morgan fingerprint density at radius 1 is 1.21 bits per heavy atom. The summed E-state index contributed by atoms with van der Waals surface area (Å²) in [6.07, 6.45) is 2.05. The average Bonchev–Trinajstić information content (AvgIpc) is 3.23. The zero-order valence-corrected chi connectivity index (χ0v) is 18.0. The number of benzene rings is 2. The molecule has 168 valence electrons. The second-order valence-corrected chi connectivity index (χ2v) is 8.26. The molecule has 0 aliphatic carbocycles. The predicted molar refractivity (Wildman–Crippen MR) is 122 cm³/mol. The van der Waals surface area contributed by atoms with E-state index in [1.165, 1.54) is 0 Å². The van der Waals surface area contributed by atoms with Crippen molar-refractivity contribution in [2.24, 2.45) is 7.05 Å². The number of rotatable bonds is 5. The highest BCUT2D eigenvalue weighted by atomic mass is 19.3. The lowest BCUT2D eigenvalue weighted by atomic mass is 9.93. The minimum Gasteiger partial charge on any atom is -0.481 e. The van der Waals surface area contributed by atoms with Gasteiger partial charge < -0.3 is 10.0 Å². The largest absolute Gasteiger partial charge is 0.481 e. The first kappa shape index (κ1) is 21.1. The summed E-state index contributed by atoms with van der Waals surface area (Å²) in [7, 11) is 1.76. The van der Waals surface area contributed by atoms with Gasteiger partial charge in [0.1, 0.15) is 5.82 Å². The molecule has 0 saturated carbocycles. The number of aromatic nitrogens is 3. The van der Waals surface area contributed by atoms with Crippen molar-refractivity contribution in [2.75, 3.05) is 11.4 Å². The maximum atomic E-state index is 14.2. The van der Waals surface area contributed by atoms with E-state index in [1.807, 2.05) is 35.2 Å². The zero-order valence-electron chi connectivity index (χ0n) is 18.0. The number of carboxylic acids is 1. The number of anilines is 2. The van der Waals surface area contributed by atoms with Crippen LogP contribution >= 0.6 is 0 Å². The number of alkyl halides is 2. The molecule has 0 radical (unpaired) electrons. The number of nitrogens with zero attached hydrogens (tertiary/aromatic N) is 4. The van der Waals surface area contributed by atoms with Gasteiger partial charge in [-0.25, -0.2) is 13.8 Å². The lowest BCUT2D eigenvalue weighted by molar-refractivity contribution is -0.136. The van der Waals surface area contributed by atoms with Gasteiger partial charge in [-0.15, -0.1) is 0 Å². The van der Waals surface area contributed by atoms with Crippen LogP contribution in [0.1, 0.15) is 29.7 Å². The predicted octanol–water partition coefficient (Wildman–Crippen LogP) is 5.28. The topological polar surface area (TPSA) is 71.2 Å². The van der Waals surface area contributed by atoms with Gasteiger partial charge in [-0.05, 0) is 47.6 Å². The Bertz CT molecular complexity index is 1370. The van der Waals surface area contributed by atoms with Gasteiger partial charge in [-0.2, -0.15) is 5.10 Å². The molecule has 1 aliphatic heterocycles. The standard InChI is InChI=1S/C25H22F2N4O2/c1-30-14-17(13-28-30)20-10-16-6-4-8-31(22(16)12-21(20)24(26)27)25-19-7-3-2-5-15(19)9-18(29-25)11-23(32)33/h2-3,5,7,9-10,12-14,24H,4,6,8,11H2,1H3,(H,32,33). The molecule has 0 spiro atoms. The number of aliphatic carboxylic acids is 1. The third-order valence-electron chi connectivity index (χ3n) is 5.98. The van der Waals surface area contributed by atoms with Gasteiger partial charge in [0.05, 0.1) is 18.3 Å². The molecule has 0 amide bonds. The fourth-order valence-corrected chi connectivity index (χ4v) is 4.55. The molecule has 33 heavy (non-hydrogen) atoms. The van der Waals surface area contributed by atoms with E-state index >= 15 is 0 Å². The maximum Gasteiger partial charge on any atom is 0.309 e. The summed E-state index contributed by atoms with van der Waals surface area (Å²) in [5, 5.41) is 15.2. The van der Waals surface area contributed by atoms with Crippen LogP contribution in [0.5, 0.6) is 0 Å². The van der Waals surface area contributed by atoms with Crippen LogP contribution in [0, 0.1) is 0 Å². The van der Waals surface area contributed by atoms with Gasteiger partial charge >= 0.3 is 5.97 Å². The minimum atomic E-state index is -2.66. The van der Waals surface area contributed by atoms with Crippen molar-refractivity contribution in [3.8, 4) is 11.1 Å². The Balaban J connectivity index is 1.70. The molecule has 3 heterocycles.